The number of hydrogen-bond acceptors (Lipinski definition) is 2. The van der Waals surface area contributed by atoms with Gasteiger partial charge in [0.2, 0.25) is 0 Å². The van der Waals surface area contributed by atoms with Crippen molar-refractivity contribution in [3.8, 4) is 0 Å². The van der Waals surface area contributed by atoms with E-state index in [1.54, 1.807) is 0 Å². The van der Waals surface area contributed by atoms with E-state index in [4.69, 9.17) is 4.99 Å². The van der Waals surface area contributed by atoms with E-state index < -0.39 is 0 Å². The summed E-state index contributed by atoms with van der Waals surface area (Å²) in [6, 6.07) is 0.575. The molecule has 120 valence electrons. The molecule has 0 radical (unpaired) electrons. The average molecular weight is 309 g/mol. The maximum absolute atomic E-state index is 5.17. The lowest BCUT2D eigenvalue weighted by Gasteiger charge is -2.36. The van der Waals surface area contributed by atoms with Crippen LogP contribution in [0.4, 0.5) is 0 Å². The molecule has 2 aliphatic carbocycles. The standard InChI is InChI=1S/C18H32N2S/c1-13(2)15-6-4-5-7-16(15)19-17-20-18(12-21-17)10-8-14(3)9-11-18/h13-16H,4-12H2,1-3H3,(H,19,20). The second-order valence-corrected chi connectivity index (χ2v) is 9.03. The third-order valence-electron chi connectivity index (χ3n) is 6.01. The van der Waals surface area contributed by atoms with Crippen molar-refractivity contribution in [1.29, 1.82) is 0 Å². The van der Waals surface area contributed by atoms with Crippen molar-refractivity contribution in [2.75, 3.05) is 5.75 Å². The summed E-state index contributed by atoms with van der Waals surface area (Å²) in [4.78, 5) is 5.17. The largest absolute Gasteiger partial charge is 0.359 e. The fraction of sp³-hybridized carbons (Fsp3) is 0.944. The molecule has 1 aliphatic heterocycles. The molecule has 21 heavy (non-hydrogen) atoms. The summed E-state index contributed by atoms with van der Waals surface area (Å²) in [6.45, 7) is 7.16. The van der Waals surface area contributed by atoms with Gasteiger partial charge in [0.15, 0.2) is 5.17 Å². The lowest BCUT2D eigenvalue weighted by molar-refractivity contribution is 0.237. The number of aliphatic imine (C=N–C) groups is 1. The van der Waals surface area contributed by atoms with E-state index in [1.807, 2.05) is 11.8 Å². The molecule has 0 aromatic carbocycles. The Hall–Kier alpha value is -0.180. The van der Waals surface area contributed by atoms with Gasteiger partial charge in [-0.2, -0.15) is 0 Å². The van der Waals surface area contributed by atoms with Crippen LogP contribution in [0.15, 0.2) is 4.99 Å². The normalized spacial score (nSPS) is 42.7. The molecule has 1 N–H and O–H groups in total. The van der Waals surface area contributed by atoms with E-state index in [-0.39, 0.29) is 0 Å². The molecule has 1 heterocycles. The summed E-state index contributed by atoms with van der Waals surface area (Å²) in [5, 5.41) is 5.11. The monoisotopic (exact) mass is 308 g/mol. The molecule has 3 aliphatic rings. The molecule has 1 saturated heterocycles. The fourth-order valence-corrected chi connectivity index (χ4v) is 5.66. The number of amidine groups is 1. The molecular weight excluding hydrogens is 276 g/mol. The van der Waals surface area contributed by atoms with Gasteiger partial charge in [0, 0.05) is 11.3 Å². The molecule has 2 unspecified atom stereocenters. The molecule has 0 aromatic heterocycles. The Balaban J connectivity index is 1.64. The van der Waals surface area contributed by atoms with Gasteiger partial charge in [-0.05, 0) is 56.3 Å². The SMILES string of the molecule is CC1CCC2(CC1)CSC(=NC1CCCCC1C(C)C)N2. The van der Waals surface area contributed by atoms with Crippen LogP contribution in [0.3, 0.4) is 0 Å². The Morgan fingerprint density at radius 1 is 1.14 bits per heavy atom. The molecule has 3 fully saturated rings. The summed E-state index contributed by atoms with van der Waals surface area (Å²) in [7, 11) is 0. The van der Waals surface area contributed by atoms with Crippen LogP contribution >= 0.6 is 11.8 Å². The second-order valence-electron chi connectivity index (χ2n) is 8.07. The predicted molar refractivity (Wildman–Crippen MR) is 94.0 cm³/mol. The third-order valence-corrected chi connectivity index (χ3v) is 7.19. The minimum Gasteiger partial charge on any atom is -0.359 e. The van der Waals surface area contributed by atoms with Gasteiger partial charge in [0.25, 0.3) is 0 Å². The lowest BCUT2D eigenvalue weighted by Crippen LogP contribution is -2.46. The minimum absolute atomic E-state index is 0.387. The first kappa shape index (κ1) is 15.7. The first-order valence-electron chi connectivity index (χ1n) is 9.07. The zero-order chi connectivity index (χ0) is 14.9. The molecule has 2 nitrogen and oxygen atoms in total. The minimum atomic E-state index is 0.387. The maximum atomic E-state index is 5.17. The first-order valence-corrected chi connectivity index (χ1v) is 10.1. The molecular formula is C18H32N2S. The van der Waals surface area contributed by atoms with Crippen LogP contribution in [0.1, 0.15) is 72.1 Å². The lowest BCUT2D eigenvalue weighted by atomic mass is 9.78. The van der Waals surface area contributed by atoms with Crippen molar-refractivity contribution in [2.45, 2.75) is 83.7 Å². The van der Waals surface area contributed by atoms with Gasteiger partial charge in [-0.1, -0.05) is 45.4 Å². The zero-order valence-corrected chi connectivity index (χ0v) is 14.8. The Kier molecular flexibility index (Phi) is 4.87. The van der Waals surface area contributed by atoms with Gasteiger partial charge in [-0.25, -0.2) is 0 Å². The van der Waals surface area contributed by atoms with Crippen LogP contribution in [0.25, 0.3) is 0 Å². The van der Waals surface area contributed by atoms with Gasteiger partial charge >= 0.3 is 0 Å². The van der Waals surface area contributed by atoms with Crippen molar-refractivity contribution in [3.05, 3.63) is 0 Å². The van der Waals surface area contributed by atoms with Crippen LogP contribution in [-0.4, -0.2) is 22.5 Å². The first-order chi connectivity index (χ1) is 10.1. The summed E-state index contributed by atoms with van der Waals surface area (Å²) in [5.74, 6) is 3.75. The van der Waals surface area contributed by atoms with Gasteiger partial charge < -0.3 is 5.32 Å². The summed E-state index contributed by atoms with van der Waals surface area (Å²) in [5.41, 5.74) is 0.387. The molecule has 1 spiro atoms. The number of thioether (sulfide) groups is 1. The fourth-order valence-electron chi connectivity index (χ4n) is 4.39. The Morgan fingerprint density at radius 2 is 1.86 bits per heavy atom. The smallest absolute Gasteiger partial charge is 0.157 e. The third kappa shape index (κ3) is 3.60. The number of rotatable bonds is 2. The van der Waals surface area contributed by atoms with Crippen LogP contribution < -0.4 is 5.32 Å². The summed E-state index contributed by atoms with van der Waals surface area (Å²) < 4.78 is 0. The number of nitrogens with zero attached hydrogens (tertiary/aromatic N) is 1. The molecule has 2 saturated carbocycles. The highest BCUT2D eigenvalue weighted by molar-refractivity contribution is 8.14. The summed E-state index contributed by atoms with van der Waals surface area (Å²) in [6.07, 6.45) is 10.9. The maximum Gasteiger partial charge on any atom is 0.157 e. The van der Waals surface area contributed by atoms with E-state index >= 15 is 0 Å². The molecule has 3 heteroatoms. The van der Waals surface area contributed by atoms with Crippen molar-refractivity contribution >= 4 is 16.9 Å². The van der Waals surface area contributed by atoms with Crippen LogP contribution in [0, 0.1) is 17.8 Å². The van der Waals surface area contributed by atoms with E-state index in [9.17, 15) is 0 Å². The highest BCUT2D eigenvalue weighted by Crippen LogP contribution is 2.39. The van der Waals surface area contributed by atoms with E-state index in [2.05, 4.69) is 26.1 Å². The predicted octanol–water partition coefficient (Wildman–Crippen LogP) is 4.84. The second kappa shape index (κ2) is 6.52. The molecule has 2 atom stereocenters. The molecule has 0 bridgehead atoms. The zero-order valence-electron chi connectivity index (χ0n) is 14.0. The van der Waals surface area contributed by atoms with E-state index in [0.29, 0.717) is 11.6 Å². The van der Waals surface area contributed by atoms with Crippen molar-refractivity contribution in [3.63, 3.8) is 0 Å². The van der Waals surface area contributed by atoms with E-state index in [0.717, 1.165) is 17.8 Å². The van der Waals surface area contributed by atoms with Crippen molar-refractivity contribution in [2.24, 2.45) is 22.7 Å². The van der Waals surface area contributed by atoms with Crippen LogP contribution in [0.2, 0.25) is 0 Å². The van der Waals surface area contributed by atoms with Gasteiger partial charge in [0.05, 0.1) is 6.04 Å². The quantitative estimate of drug-likeness (QED) is 0.789. The number of hydrogen-bond donors (Lipinski definition) is 1. The topological polar surface area (TPSA) is 24.4 Å². The molecule has 0 amide bonds. The summed E-state index contributed by atoms with van der Waals surface area (Å²) >= 11 is 2.00. The Bertz CT molecular complexity index is 383. The van der Waals surface area contributed by atoms with Crippen LogP contribution in [-0.2, 0) is 0 Å². The van der Waals surface area contributed by atoms with Crippen molar-refractivity contribution < 1.29 is 0 Å². The van der Waals surface area contributed by atoms with E-state index in [1.165, 1.54) is 62.3 Å². The molecule has 3 rings (SSSR count). The highest BCUT2D eigenvalue weighted by atomic mass is 32.2. The average Bonchev–Trinajstić information content (AvgIpc) is 2.86. The number of nitrogens with one attached hydrogen (secondary N) is 1. The van der Waals surface area contributed by atoms with Gasteiger partial charge in [0.1, 0.15) is 0 Å². The highest BCUT2D eigenvalue weighted by Gasteiger charge is 2.40. The van der Waals surface area contributed by atoms with Crippen LogP contribution in [0.5, 0.6) is 0 Å². The Labute approximate surface area is 134 Å². The van der Waals surface area contributed by atoms with Gasteiger partial charge in [-0.3, -0.25) is 4.99 Å². The van der Waals surface area contributed by atoms with Crippen molar-refractivity contribution in [1.82, 2.24) is 5.32 Å². The van der Waals surface area contributed by atoms with Gasteiger partial charge in [-0.15, -0.1) is 0 Å². The Morgan fingerprint density at radius 3 is 2.57 bits per heavy atom. The molecule has 0 aromatic rings.